The molecule has 2 fully saturated rings. The predicted octanol–water partition coefficient (Wildman–Crippen LogP) is 2.45. The van der Waals surface area contributed by atoms with Crippen molar-refractivity contribution in [2.75, 3.05) is 44.7 Å². The molecule has 0 spiro atoms. The van der Waals surface area contributed by atoms with Crippen molar-refractivity contribution in [1.82, 2.24) is 9.21 Å². The normalized spacial score (nSPS) is 19.4. The fraction of sp³-hybridized carbons (Fsp3) is 0.667. The Balaban J connectivity index is 1.87. The summed E-state index contributed by atoms with van der Waals surface area (Å²) in [5, 5.41) is 14.8. The minimum atomic E-state index is -3.87. The summed E-state index contributed by atoms with van der Waals surface area (Å²) in [6.07, 6.45) is 4.08. The van der Waals surface area contributed by atoms with Gasteiger partial charge in [0.25, 0.3) is 5.69 Å². The highest BCUT2D eigenvalue weighted by Gasteiger charge is 2.32. The van der Waals surface area contributed by atoms with Gasteiger partial charge in [0.15, 0.2) is 0 Å². The Labute approximate surface area is 189 Å². The first-order valence-corrected chi connectivity index (χ1v) is 12.6. The third-order valence-electron chi connectivity index (χ3n) is 5.94. The fourth-order valence-corrected chi connectivity index (χ4v) is 5.48. The van der Waals surface area contributed by atoms with Crippen LogP contribution in [0.4, 0.5) is 11.4 Å². The number of benzene rings is 1. The van der Waals surface area contributed by atoms with Gasteiger partial charge in [0.05, 0.1) is 23.0 Å². The van der Waals surface area contributed by atoms with Gasteiger partial charge >= 0.3 is 0 Å². The molecule has 0 bridgehead atoms. The van der Waals surface area contributed by atoms with Crippen molar-refractivity contribution in [3.05, 3.63) is 28.3 Å². The molecule has 0 radical (unpaired) electrons. The molecule has 11 heteroatoms. The first-order chi connectivity index (χ1) is 15.2. The van der Waals surface area contributed by atoms with E-state index in [4.69, 9.17) is 4.74 Å². The Morgan fingerprint density at radius 2 is 1.72 bits per heavy atom. The maximum atomic E-state index is 13.2. The molecule has 32 heavy (non-hydrogen) atoms. The number of amides is 1. The maximum absolute atomic E-state index is 13.2. The zero-order chi connectivity index (χ0) is 23.3. The molecule has 1 amide bonds. The van der Waals surface area contributed by atoms with Crippen molar-refractivity contribution in [2.45, 2.75) is 50.5 Å². The number of rotatable bonds is 7. The molecule has 2 saturated heterocycles. The number of nitrogens with one attached hydrogen (secondary N) is 1. The number of ether oxygens (including phenoxy) is 1. The predicted molar refractivity (Wildman–Crippen MR) is 120 cm³/mol. The fourth-order valence-electron chi connectivity index (χ4n) is 4.05. The summed E-state index contributed by atoms with van der Waals surface area (Å²) in [5.41, 5.74) is -0.230. The van der Waals surface area contributed by atoms with E-state index in [-0.39, 0.29) is 54.4 Å². The lowest BCUT2D eigenvalue weighted by Crippen LogP contribution is -2.46. The molecule has 1 unspecified atom stereocenters. The van der Waals surface area contributed by atoms with Gasteiger partial charge in [0.2, 0.25) is 15.9 Å². The largest absolute Gasteiger partial charge is 0.379 e. The average Bonchev–Trinajstić information content (AvgIpc) is 3.07. The van der Waals surface area contributed by atoms with E-state index < -0.39 is 21.0 Å². The van der Waals surface area contributed by atoms with Crippen LogP contribution in [-0.2, 0) is 19.6 Å². The second-order valence-electron chi connectivity index (χ2n) is 8.56. The smallest absolute Gasteiger partial charge is 0.293 e. The van der Waals surface area contributed by atoms with E-state index in [1.54, 1.807) is 0 Å². The monoisotopic (exact) mass is 468 g/mol. The molecule has 2 aliphatic heterocycles. The second kappa shape index (κ2) is 10.6. The van der Waals surface area contributed by atoms with Crippen molar-refractivity contribution in [3.8, 4) is 0 Å². The number of anilines is 1. The van der Waals surface area contributed by atoms with Crippen LogP contribution in [-0.4, -0.2) is 73.9 Å². The number of nitrogens with zero attached hydrogens (tertiary/aromatic N) is 3. The Bertz CT molecular complexity index is 922. The molecule has 0 saturated carbocycles. The summed E-state index contributed by atoms with van der Waals surface area (Å²) < 4.78 is 32.3. The first-order valence-electron chi connectivity index (χ1n) is 11.1. The number of morpholine rings is 1. The van der Waals surface area contributed by atoms with E-state index in [1.165, 1.54) is 16.4 Å². The van der Waals surface area contributed by atoms with Gasteiger partial charge in [-0.15, -0.1) is 0 Å². The number of nitro benzene ring substituents is 1. The molecule has 1 N–H and O–H groups in total. The summed E-state index contributed by atoms with van der Waals surface area (Å²) >= 11 is 0. The van der Waals surface area contributed by atoms with Crippen LogP contribution in [0.1, 0.15) is 39.5 Å². The minimum absolute atomic E-state index is 0.0822. The van der Waals surface area contributed by atoms with Crippen molar-refractivity contribution < 1.29 is 22.9 Å². The van der Waals surface area contributed by atoms with Crippen molar-refractivity contribution >= 4 is 27.3 Å². The summed E-state index contributed by atoms with van der Waals surface area (Å²) in [6.45, 7) is 6.12. The third kappa shape index (κ3) is 5.57. The summed E-state index contributed by atoms with van der Waals surface area (Å²) in [4.78, 5) is 26.0. The van der Waals surface area contributed by atoms with Crippen LogP contribution in [0.15, 0.2) is 23.1 Å². The topological polar surface area (TPSA) is 122 Å². The van der Waals surface area contributed by atoms with E-state index in [0.717, 1.165) is 31.7 Å². The van der Waals surface area contributed by atoms with Gasteiger partial charge in [-0.3, -0.25) is 14.9 Å². The molecule has 0 aromatic heterocycles. The van der Waals surface area contributed by atoms with Gasteiger partial charge in [0, 0.05) is 32.2 Å². The second-order valence-corrected chi connectivity index (χ2v) is 10.5. The van der Waals surface area contributed by atoms with Gasteiger partial charge in [-0.05, 0) is 30.9 Å². The van der Waals surface area contributed by atoms with Crippen LogP contribution in [0, 0.1) is 16.0 Å². The van der Waals surface area contributed by atoms with Crippen LogP contribution in [0.2, 0.25) is 0 Å². The molecular formula is C21H32N4O6S. The minimum Gasteiger partial charge on any atom is -0.379 e. The molecule has 3 rings (SSSR count). The highest BCUT2D eigenvalue weighted by Crippen LogP contribution is 2.31. The Kier molecular flexibility index (Phi) is 8.07. The van der Waals surface area contributed by atoms with Crippen LogP contribution < -0.4 is 5.32 Å². The number of hydrogen-bond acceptors (Lipinski definition) is 7. The van der Waals surface area contributed by atoms with Gasteiger partial charge in [0.1, 0.15) is 11.7 Å². The highest BCUT2D eigenvalue weighted by molar-refractivity contribution is 7.89. The maximum Gasteiger partial charge on any atom is 0.293 e. The Hall–Kier alpha value is -2.24. The molecule has 2 aliphatic rings. The standard InChI is InChI=1S/C21H32N4O6S/c1-16(2)20(21(26)23-9-5-3-4-6-10-23)22-18-8-7-17(15-19(18)25(27)28)32(29,30)24-11-13-31-14-12-24/h7-8,15-16,20,22H,3-6,9-14H2,1-2H3. The van der Waals surface area contributed by atoms with E-state index >= 15 is 0 Å². The molecule has 1 aromatic rings. The highest BCUT2D eigenvalue weighted by atomic mass is 32.2. The van der Waals surface area contributed by atoms with Gasteiger partial charge in [-0.2, -0.15) is 4.31 Å². The summed E-state index contributed by atoms with van der Waals surface area (Å²) in [5.74, 6) is -0.191. The molecule has 1 aromatic carbocycles. The number of sulfonamides is 1. The van der Waals surface area contributed by atoms with E-state index in [1.807, 2.05) is 18.7 Å². The molecule has 1 atom stereocenters. The summed E-state index contributed by atoms with van der Waals surface area (Å²) in [7, 11) is -3.87. The third-order valence-corrected chi connectivity index (χ3v) is 7.83. The quantitative estimate of drug-likeness (QED) is 0.482. The molecular weight excluding hydrogens is 436 g/mol. The van der Waals surface area contributed by atoms with Crippen LogP contribution in [0.25, 0.3) is 0 Å². The molecule has 10 nitrogen and oxygen atoms in total. The van der Waals surface area contributed by atoms with Gasteiger partial charge < -0.3 is 15.0 Å². The summed E-state index contributed by atoms with van der Waals surface area (Å²) in [6, 6.07) is 3.17. The average molecular weight is 469 g/mol. The zero-order valence-electron chi connectivity index (χ0n) is 18.7. The van der Waals surface area contributed by atoms with Crippen LogP contribution in [0.3, 0.4) is 0 Å². The Morgan fingerprint density at radius 3 is 2.28 bits per heavy atom. The van der Waals surface area contributed by atoms with Crippen LogP contribution >= 0.6 is 0 Å². The number of carbonyl (C=O) groups is 1. The van der Waals surface area contributed by atoms with Gasteiger partial charge in [-0.1, -0.05) is 26.7 Å². The first kappa shape index (κ1) is 24.4. The van der Waals surface area contributed by atoms with Crippen molar-refractivity contribution in [3.63, 3.8) is 0 Å². The van der Waals surface area contributed by atoms with Gasteiger partial charge in [-0.25, -0.2) is 8.42 Å². The number of nitro groups is 1. The van der Waals surface area contributed by atoms with E-state index in [2.05, 4.69) is 5.32 Å². The lowest BCUT2D eigenvalue weighted by atomic mass is 10.0. The molecule has 2 heterocycles. The number of carbonyl (C=O) groups excluding carboxylic acids is 1. The van der Waals surface area contributed by atoms with Crippen LogP contribution in [0.5, 0.6) is 0 Å². The zero-order valence-corrected chi connectivity index (χ0v) is 19.5. The van der Waals surface area contributed by atoms with E-state index in [9.17, 15) is 23.3 Å². The number of likely N-dealkylation sites (tertiary alicyclic amines) is 1. The molecule has 0 aliphatic carbocycles. The van der Waals surface area contributed by atoms with Crippen molar-refractivity contribution in [1.29, 1.82) is 0 Å². The molecule has 178 valence electrons. The SMILES string of the molecule is CC(C)C(Nc1ccc(S(=O)(=O)N2CCOCC2)cc1[N+](=O)[O-])C(=O)N1CCCCCC1. The lowest BCUT2D eigenvalue weighted by Gasteiger charge is -2.29. The number of hydrogen-bond donors (Lipinski definition) is 1. The Morgan fingerprint density at radius 1 is 1.09 bits per heavy atom. The van der Waals surface area contributed by atoms with E-state index in [0.29, 0.717) is 13.1 Å². The lowest BCUT2D eigenvalue weighted by molar-refractivity contribution is -0.384. The van der Waals surface area contributed by atoms with Crippen molar-refractivity contribution in [2.24, 2.45) is 5.92 Å².